The number of rotatable bonds is 7. The van der Waals surface area contributed by atoms with Crippen molar-refractivity contribution >= 4 is 29.2 Å². The average molecular weight is 382 g/mol. The molecule has 0 spiro atoms. The quantitative estimate of drug-likeness (QED) is 0.339. The molecule has 1 aliphatic heterocycles. The third-order valence-electron chi connectivity index (χ3n) is 4.55. The van der Waals surface area contributed by atoms with Gasteiger partial charge in [-0.15, -0.1) is 0 Å². The number of aromatic nitrogens is 1. The zero-order valence-corrected chi connectivity index (χ0v) is 15.6. The van der Waals surface area contributed by atoms with Gasteiger partial charge in [0.05, 0.1) is 12.0 Å². The molecule has 0 atom stereocenters. The zero-order valence-electron chi connectivity index (χ0n) is 15.6. The van der Waals surface area contributed by atoms with Gasteiger partial charge in [0.25, 0.3) is 5.69 Å². The number of carbonyl (C=O) groups excluding carboxylic acids is 1. The number of benzene rings is 1. The number of methoxy groups -OCH3 is 1. The van der Waals surface area contributed by atoms with Gasteiger partial charge in [0.2, 0.25) is 0 Å². The van der Waals surface area contributed by atoms with Crippen LogP contribution in [0.5, 0.6) is 0 Å². The first-order valence-electron chi connectivity index (χ1n) is 9.05. The first-order valence-corrected chi connectivity index (χ1v) is 9.05. The second-order valence-electron chi connectivity index (χ2n) is 6.46. The summed E-state index contributed by atoms with van der Waals surface area (Å²) in [5, 5.41) is 14.5. The van der Waals surface area contributed by atoms with E-state index in [-0.39, 0.29) is 5.69 Å². The van der Waals surface area contributed by atoms with Crippen LogP contribution in [-0.2, 0) is 16.1 Å². The summed E-state index contributed by atoms with van der Waals surface area (Å²) < 4.78 is 4.52. The number of nitro benzene ring substituents is 1. The van der Waals surface area contributed by atoms with E-state index in [0.717, 1.165) is 24.5 Å². The number of hydrogen-bond acceptors (Lipinski definition) is 7. The number of anilines is 2. The van der Waals surface area contributed by atoms with Gasteiger partial charge in [-0.2, -0.15) is 0 Å². The standard InChI is InChI=1S/C20H22N4O4/c1-28-20(25)9-6-15-4-7-17(18(12-15)24(26)27)21-13-16-5-8-19(22-14-16)23-10-2-3-11-23/h4-9,12,14,21H,2-3,10-11,13H2,1H3/b9-6+. The first kappa shape index (κ1) is 19.3. The van der Waals surface area contributed by atoms with Crippen molar-refractivity contribution in [2.75, 3.05) is 30.4 Å². The molecule has 1 N–H and O–H groups in total. The summed E-state index contributed by atoms with van der Waals surface area (Å²) in [4.78, 5) is 28.9. The summed E-state index contributed by atoms with van der Waals surface area (Å²) in [5.74, 6) is 0.448. The van der Waals surface area contributed by atoms with E-state index in [9.17, 15) is 14.9 Å². The lowest BCUT2D eigenvalue weighted by atomic mass is 10.1. The highest BCUT2D eigenvalue weighted by Crippen LogP contribution is 2.27. The number of carbonyl (C=O) groups is 1. The molecule has 1 aromatic heterocycles. The Kier molecular flexibility index (Phi) is 6.21. The van der Waals surface area contributed by atoms with Gasteiger partial charge >= 0.3 is 5.97 Å². The molecule has 0 radical (unpaired) electrons. The van der Waals surface area contributed by atoms with Gasteiger partial charge in [-0.05, 0) is 42.2 Å². The van der Waals surface area contributed by atoms with Crippen LogP contribution >= 0.6 is 0 Å². The maximum absolute atomic E-state index is 11.4. The summed E-state index contributed by atoms with van der Waals surface area (Å²) in [7, 11) is 1.27. The Hall–Kier alpha value is -3.42. The Morgan fingerprint density at radius 1 is 1.32 bits per heavy atom. The van der Waals surface area contributed by atoms with Crippen molar-refractivity contribution in [3.8, 4) is 0 Å². The molecule has 2 aromatic rings. The molecule has 146 valence electrons. The average Bonchev–Trinajstić information content (AvgIpc) is 3.26. The van der Waals surface area contributed by atoms with E-state index in [0.29, 0.717) is 17.8 Å². The number of esters is 1. The Bertz CT molecular complexity index is 874. The van der Waals surface area contributed by atoms with Crippen LogP contribution in [0, 0.1) is 10.1 Å². The van der Waals surface area contributed by atoms with Crippen molar-refractivity contribution < 1.29 is 14.5 Å². The fourth-order valence-corrected chi connectivity index (χ4v) is 3.04. The molecule has 8 heteroatoms. The number of nitrogens with one attached hydrogen (secondary N) is 1. The maximum atomic E-state index is 11.4. The van der Waals surface area contributed by atoms with Crippen molar-refractivity contribution in [2.45, 2.75) is 19.4 Å². The van der Waals surface area contributed by atoms with Crippen LogP contribution in [0.15, 0.2) is 42.6 Å². The van der Waals surface area contributed by atoms with E-state index in [1.54, 1.807) is 18.3 Å². The summed E-state index contributed by atoms with van der Waals surface area (Å²) in [6.07, 6.45) is 6.88. The van der Waals surface area contributed by atoms with Crippen LogP contribution in [-0.4, -0.2) is 36.1 Å². The van der Waals surface area contributed by atoms with E-state index < -0.39 is 10.9 Å². The number of hydrogen-bond donors (Lipinski definition) is 1. The Labute approximate surface area is 163 Å². The lowest BCUT2D eigenvalue weighted by Gasteiger charge is -2.16. The van der Waals surface area contributed by atoms with Crippen molar-refractivity contribution in [1.82, 2.24) is 4.98 Å². The summed E-state index contributed by atoms with van der Waals surface area (Å²) in [6, 6.07) is 8.70. The lowest BCUT2D eigenvalue weighted by molar-refractivity contribution is -0.384. The molecule has 0 saturated carbocycles. The van der Waals surface area contributed by atoms with Crippen LogP contribution in [0.1, 0.15) is 24.0 Å². The topological polar surface area (TPSA) is 97.6 Å². The first-order chi connectivity index (χ1) is 13.6. The van der Waals surface area contributed by atoms with Crippen molar-refractivity contribution in [1.29, 1.82) is 0 Å². The third kappa shape index (κ3) is 4.85. The van der Waals surface area contributed by atoms with Crippen molar-refractivity contribution in [2.24, 2.45) is 0 Å². The number of nitro groups is 1. The normalized spacial score (nSPS) is 13.7. The Morgan fingerprint density at radius 3 is 2.75 bits per heavy atom. The molecule has 1 saturated heterocycles. The molecule has 8 nitrogen and oxygen atoms in total. The molecule has 0 aliphatic carbocycles. The maximum Gasteiger partial charge on any atom is 0.330 e. The van der Waals surface area contributed by atoms with Crippen LogP contribution in [0.4, 0.5) is 17.2 Å². The zero-order chi connectivity index (χ0) is 19.9. The molecule has 3 rings (SSSR count). The van der Waals surface area contributed by atoms with E-state index in [1.807, 2.05) is 12.1 Å². The molecular formula is C20H22N4O4. The third-order valence-corrected chi connectivity index (χ3v) is 4.55. The molecule has 0 amide bonds. The fraction of sp³-hybridized carbons (Fsp3) is 0.300. The number of nitrogens with zero attached hydrogens (tertiary/aromatic N) is 3. The van der Waals surface area contributed by atoms with Crippen molar-refractivity contribution in [3.63, 3.8) is 0 Å². The predicted molar refractivity (Wildman–Crippen MR) is 107 cm³/mol. The van der Waals surface area contributed by atoms with Crippen molar-refractivity contribution in [3.05, 3.63) is 63.8 Å². The van der Waals surface area contributed by atoms with Crippen LogP contribution in [0.3, 0.4) is 0 Å². The number of ether oxygens (including phenoxy) is 1. The molecular weight excluding hydrogens is 360 g/mol. The van der Waals surface area contributed by atoms with Crippen LogP contribution < -0.4 is 10.2 Å². The smallest absolute Gasteiger partial charge is 0.330 e. The highest BCUT2D eigenvalue weighted by molar-refractivity contribution is 5.87. The minimum atomic E-state index is -0.519. The SMILES string of the molecule is COC(=O)/C=C/c1ccc(NCc2ccc(N3CCCC3)nc2)c([N+](=O)[O-])c1. The fourth-order valence-electron chi connectivity index (χ4n) is 3.04. The predicted octanol–water partition coefficient (Wildman–Crippen LogP) is 3.39. The monoisotopic (exact) mass is 382 g/mol. The van der Waals surface area contributed by atoms with Gasteiger partial charge in [-0.3, -0.25) is 10.1 Å². The van der Waals surface area contributed by atoms with Gasteiger partial charge in [0.1, 0.15) is 11.5 Å². The van der Waals surface area contributed by atoms with E-state index in [2.05, 4.69) is 19.9 Å². The van der Waals surface area contributed by atoms with Crippen LogP contribution in [0.25, 0.3) is 6.08 Å². The second kappa shape index (κ2) is 8.98. The molecule has 0 bridgehead atoms. The Morgan fingerprint density at radius 2 is 2.11 bits per heavy atom. The van der Waals surface area contributed by atoms with Gasteiger partial charge in [-0.1, -0.05) is 12.1 Å². The summed E-state index contributed by atoms with van der Waals surface area (Å²) >= 11 is 0. The van der Waals surface area contributed by atoms with E-state index in [4.69, 9.17) is 0 Å². The summed E-state index contributed by atoms with van der Waals surface area (Å²) in [6.45, 7) is 2.49. The minimum absolute atomic E-state index is 0.0614. The van der Waals surface area contributed by atoms with Gasteiger partial charge in [-0.25, -0.2) is 9.78 Å². The molecule has 1 aliphatic rings. The minimum Gasteiger partial charge on any atom is -0.466 e. The van der Waals surface area contributed by atoms with E-state index in [1.165, 1.54) is 38.2 Å². The molecule has 1 aromatic carbocycles. The largest absolute Gasteiger partial charge is 0.466 e. The molecule has 28 heavy (non-hydrogen) atoms. The Balaban J connectivity index is 1.68. The van der Waals surface area contributed by atoms with Gasteiger partial charge in [0, 0.05) is 38.0 Å². The number of pyridine rings is 1. The second-order valence-corrected chi connectivity index (χ2v) is 6.46. The highest BCUT2D eigenvalue weighted by Gasteiger charge is 2.15. The van der Waals surface area contributed by atoms with Crippen LogP contribution in [0.2, 0.25) is 0 Å². The molecule has 0 unspecified atom stereocenters. The lowest BCUT2D eigenvalue weighted by Crippen LogP contribution is -2.18. The van der Waals surface area contributed by atoms with E-state index >= 15 is 0 Å². The molecule has 2 heterocycles. The molecule has 1 fully saturated rings. The highest BCUT2D eigenvalue weighted by atomic mass is 16.6. The van der Waals surface area contributed by atoms with Gasteiger partial charge < -0.3 is 15.0 Å². The van der Waals surface area contributed by atoms with Gasteiger partial charge in [0.15, 0.2) is 0 Å². The summed E-state index contributed by atoms with van der Waals surface area (Å²) in [5.41, 5.74) is 1.82.